The largest absolute Gasteiger partial charge is 0.460 e. The van der Waals surface area contributed by atoms with Crippen LogP contribution in [0.25, 0.3) is 11.1 Å². The van der Waals surface area contributed by atoms with Crippen molar-refractivity contribution < 1.29 is 33.4 Å². The molecule has 2 aromatic carbocycles. The van der Waals surface area contributed by atoms with Gasteiger partial charge in [-0.15, -0.1) is 0 Å². The summed E-state index contributed by atoms with van der Waals surface area (Å²) in [4.78, 5) is 50.9. The molecular formula is C35H47N3O7. The standard InChI is InChI=1S/C35H47N3O7/c1-7-21-43-31(39)29(37-33(41)38-30(23(3)8-2)32(40)45-35(4,5)6)19-13-14-20-36-34(42)44-22-28-26-17-11-9-15-24(26)25-16-10-12-18-27(25)28/h7,9-12,15-18,23,28-30H,1,8,13-14,19-22H2,2-6H3,(H,36,42)(H2,37,38,41)/t23-,29-,30-/m0/s1. The Bertz CT molecular complexity index is 1290. The molecule has 3 N–H and O–H groups in total. The van der Waals surface area contributed by atoms with E-state index in [1.165, 1.54) is 6.08 Å². The van der Waals surface area contributed by atoms with E-state index in [1.54, 1.807) is 20.8 Å². The Morgan fingerprint density at radius 2 is 1.53 bits per heavy atom. The van der Waals surface area contributed by atoms with E-state index in [1.807, 2.05) is 38.1 Å². The second kappa shape index (κ2) is 16.7. The van der Waals surface area contributed by atoms with Crippen molar-refractivity contribution in [1.82, 2.24) is 16.0 Å². The van der Waals surface area contributed by atoms with Gasteiger partial charge < -0.3 is 30.2 Å². The van der Waals surface area contributed by atoms with E-state index in [2.05, 4.69) is 46.8 Å². The molecule has 3 amide bonds. The number of ether oxygens (including phenoxy) is 3. The summed E-state index contributed by atoms with van der Waals surface area (Å²) in [6.07, 6.45) is 2.84. The number of rotatable bonds is 15. The highest BCUT2D eigenvalue weighted by atomic mass is 16.6. The van der Waals surface area contributed by atoms with Crippen molar-refractivity contribution in [1.29, 1.82) is 0 Å². The Labute approximate surface area is 266 Å². The molecule has 0 heterocycles. The smallest absolute Gasteiger partial charge is 0.407 e. The van der Waals surface area contributed by atoms with Crippen LogP contribution >= 0.6 is 0 Å². The summed E-state index contributed by atoms with van der Waals surface area (Å²) < 4.78 is 16.3. The lowest BCUT2D eigenvalue weighted by Gasteiger charge is -2.28. The van der Waals surface area contributed by atoms with E-state index < -0.39 is 41.7 Å². The van der Waals surface area contributed by atoms with E-state index in [-0.39, 0.29) is 31.5 Å². The Balaban J connectivity index is 1.48. The van der Waals surface area contributed by atoms with Crippen molar-refractivity contribution in [2.24, 2.45) is 5.92 Å². The number of nitrogens with one attached hydrogen (secondary N) is 3. The topological polar surface area (TPSA) is 132 Å². The summed E-state index contributed by atoms with van der Waals surface area (Å²) in [5.74, 6) is -1.39. The minimum absolute atomic E-state index is 0.00459. The minimum Gasteiger partial charge on any atom is -0.460 e. The molecule has 0 spiro atoms. The lowest BCUT2D eigenvalue weighted by molar-refractivity contribution is -0.158. The van der Waals surface area contributed by atoms with Gasteiger partial charge in [-0.05, 0) is 68.2 Å². The molecule has 0 aromatic heterocycles. The molecule has 0 radical (unpaired) electrons. The highest BCUT2D eigenvalue weighted by Crippen LogP contribution is 2.44. The molecule has 10 nitrogen and oxygen atoms in total. The Morgan fingerprint density at radius 3 is 2.11 bits per heavy atom. The van der Waals surface area contributed by atoms with Crippen LogP contribution in [0.4, 0.5) is 9.59 Å². The maximum atomic E-state index is 12.9. The first-order valence-corrected chi connectivity index (χ1v) is 15.6. The molecule has 45 heavy (non-hydrogen) atoms. The van der Waals surface area contributed by atoms with Crippen molar-refractivity contribution in [3.05, 3.63) is 72.3 Å². The number of alkyl carbamates (subject to hydrolysis) is 1. The summed E-state index contributed by atoms with van der Waals surface area (Å²) in [7, 11) is 0. The number of hydrogen-bond donors (Lipinski definition) is 3. The Kier molecular flexibility index (Phi) is 13.0. The fourth-order valence-electron chi connectivity index (χ4n) is 5.18. The van der Waals surface area contributed by atoms with Crippen LogP contribution < -0.4 is 16.0 Å². The number of unbranched alkanes of at least 4 members (excludes halogenated alkanes) is 1. The van der Waals surface area contributed by atoms with Gasteiger partial charge in [-0.25, -0.2) is 19.2 Å². The molecule has 3 atom stereocenters. The highest BCUT2D eigenvalue weighted by Gasteiger charge is 2.32. The molecular weight excluding hydrogens is 574 g/mol. The first kappa shape index (κ1) is 35.1. The molecule has 2 aromatic rings. The first-order chi connectivity index (χ1) is 21.4. The number of carbonyl (C=O) groups is 4. The van der Waals surface area contributed by atoms with Crippen LogP contribution in [0, 0.1) is 5.92 Å². The quantitative estimate of drug-likeness (QED) is 0.0984. The highest BCUT2D eigenvalue weighted by molar-refractivity contribution is 5.87. The molecule has 1 aliphatic rings. The summed E-state index contributed by atoms with van der Waals surface area (Å²) in [6.45, 7) is 13.1. The van der Waals surface area contributed by atoms with Gasteiger partial charge in [0.15, 0.2) is 0 Å². The molecule has 1 aliphatic carbocycles. The fourth-order valence-corrected chi connectivity index (χ4v) is 5.18. The third-order valence-corrected chi connectivity index (χ3v) is 7.63. The van der Waals surface area contributed by atoms with Crippen LogP contribution in [0.15, 0.2) is 61.2 Å². The molecule has 0 unspecified atom stereocenters. The predicted molar refractivity (Wildman–Crippen MR) is 173 cm³/mol. The monoisotopic (exact) mass is 621 g/mol. The third kappa shape index (κ3) is 10.4. The van der Waals surface area contributed by atoms with Crippen molar-refractivity contribution in [3.8, 4) is 11.1 Å². The van der Waals surface area contributed by atoms with Crippen LogP contribution in [0.2, 0.25) is 0 Å². The van der Waals surface area contributed by atoms with Gasteiger partial charge in [0.25, 0.3) is 0 Å². The summed E-state index contributed by atoms with van der Waals surface area (Å²) in [6, 6.07) is 13.7. The number of urea groups is 1. The fraction of sp³-hybridized carbons (Fsp3) is 0.486. The number of fused-ring (bicyclic) bond motifs is 3. The normalized spacial score (nSPS) is 14.2. The van der Waals surface area contributed by atoms with Gasteiger partial charge in [0, 0.05) is 12.5 Å². The van der Waals surface area contributed by atoms with Crippen molar-refractivity contribution in [2.45, 2.75) is 83.9 Å². The number of benzene rings is 2. The van der Waals surface area contributed by atoms with E-state index in [9.17, 15) is 19.2 Å². The van der Waals surface area contributed by atoms with E-state index >= 15 is 0 Å². The van der Waals surface area contributed by atoms with Gasteiger partial charge in [-0.1, -0.05) is 81.5 Å². The zero-order valence-electron chi connectivity index (χ0n) is 27.0. The number of esters is 2. The maximum absolute atomic E-state index is 12.9. The Morgan fingerprint density at radius 1 is 0.911 bits per heavy atom. The van der Waals surface area contributed by atoms with Crippen LogP contribution in [-0.4, -0.2) is 61.5 Å². The van der Waals surface area contributed by atoms with Gasteiger partial charge in [0.1, 0.15) is 30.9 Å². The summed E-state index contributed by atoms with van der Waals surface area (Å²) >= 11 is 0. The molecule has 0 saturated carbocycles. The van der Waals surface area contributed by atoms with Gasteiger partial charge in [-0.3, -0.25) is 0 Å². The van der Waals surface area contributed by atoms with E-state index in [0.717, 1.165) is 22.3 Å². The minimum atomic E-state index is -0.962. The Hall–Kier alpha value is -4.34. The lowest BCUT2D eigenvalue weighted by atomic mass is 9.98. The first-order valence-electron chi connectivity index (χ1n) is 15.6. The van der Waals surface area contributed by atoms with Crippen LogP contribution in [0.1, 0.15) is 77.3 Å². The molecule has 0 bridgehead atoms. The average molecular weight is 622 g/mol. The number of amides is 3. The second-order valence-electron chi connectivity index (χ2n) is 12.2. The SMILES string of the molecule is C=CCOC(=O)[C@H](CCCCNC(=O)OCC1c2ccccc2-c2ccccc21)NC(=O)N[C@H](C(=O)OC(C)(C)C)[C@@H](C)CC. The summed E-state index contributed by atoms with van der Waals surface area (Å²) in [5, 5.41) is 8.08. The second-order valence-corrected chi connectivity index (χ2v) is 12.2. The van der Waals surface area contributed by atoms with Crippen molar-refractivity contribution >= 4 is 24.1 Å². The van der Waals surface area contributed by atoms with Crippen LogP contribution in [0.3, 0.4) is 0 Å². The van der Waals surface area contributed by atoms with Crippen molar-refractivity contribution in [2.75, 3.05) is 19.8 Å². The molecule has 0 aliphatic heterocycles. The molecule has 244 valence electrons. The molecule has 0 fully saturated rings. The molecule has 10 heteroatoms. The molecule has 0 saturated heterocycles. The van der Waals surface area contributed by atoms with Gasteiger partial charge >= 0.3 is 24.1 Å². The zero-order valence-corrected chi connectivity index (χ0v) is 27.0. The van der Waals surface area contributed by atoms with Gasteiger partial charge in [-0.2, -0.15) is 0 Å². The van der Waals surface area contributed by atoms with Gasteiger partial charge in [0.2, 0.25) is 0 Å². The van der Waals surface area contributed by atoms with Crippen LogP contribution in [-0.2, 0) is 23.8 Å². The average Bonchev–Trinajstić information content (AvgIpc) is 3.32. The van der Waals surface area contributed by atoms with Crippen molar-refractivity contribution in [3.63, 3.8) is 0 Å². The third-order valence-electron chi connectivity index (χ3n) is 7.63. The van der Waals surface area contributed by atoms with Gasteiger partial charge in [0.05, 0.1) is 0 Å². The number of hydrogen-bond acceptors (Lipinski definition) is 7. The van der Waals surface area contributed by atoms with Crippen LogP contribution in [0.5, 0.6) is 0 Å². The maximum Gasteiger partial charge on any atom is 0.407 e. The molecule has 3 rings (SSSR count). The zero-order chi connectivity index (χ0) is 33.0. The number of carbonyl (C=O) groups excluding carboxylic acids is 4. The predicted octanol–water partition coefficient (Wildman–Crippen LogP) is 5.85. The lowest BCUT2D eigenvalue weighted by Crippen LogP contribution is -2.54. The van der Waals surface area contributed by atoms with E-state index in [0.29, 0.717) is 25.8 Å². The van der Waals surface area contributed by atoms with E-state index in [4.69, 9.17) is 14.2 Å². The summed E-state index contributed by atoms with van der Waals surface area (Å²) in [5.41, 5.74) is 3.88.